The van der Waals surface area contributed by atoms with Crippen molar-refractivity contribution in [1.29, 1.82) is 0 Å². The Morgan fingerprint density at radius 3 is 2.56 bits per heavy atom. The Labute approximate surface area is 114 Å². The highest BCUT2D eigenvalue weighted by Crippen LogP contribution is 2.29. The molecule has 0 aromatic rings. The molecule has 2 N–H and O–H groups in total. The summed E-state index contributed by atoms with van der Waals surface area (Å²) in [5, 5.41) is 7.18. The van der Waals surface area contributed by atoms with Crippen molar-refractivity contribution in [3.8, 4) is 0 Å². The maximum atomic E-state index is 11.7. The molecule has 4 nitrogen and oxygen atoms in total. The smallest absolute Gasteiger partial charge is 0.227 e. The van der Waals surface area contributed by atoms with E-state index in [-0.39, 0.29) is 11.4 Å². The molecule has 0 aromatic heterocycles. The third-order valence-corrected chi connectivity index (χ3v) is 4.87. The second-order valence-corrected chi connectivity index (χ2v) is 6.45. The first kappa shape index (κ1) is 15.3. The Kier molecular flexibility index (Phi) is 5.08. The average molecular weight is 271 g/mol. The number of carbonyl (C=O) groups is 1. The van der Waals surface area contributed by atoms with E-state index in [0.29, 0.717) is 6.54 Å². The largest absolute Gasteiger partial charge is 0.359 e. The van der Waals surface area contributed by atoms with Crippen LogP contribution in [-0.4, -0.2) is 36.0 Å². The standard InChI is InChI=1S/C13H25N3OS/c1-6-13(7-2)9-18-11(16-13)15-8-12(3,4)10(17)14-5/h6-9H2,1-5H3,(H,14,17)(H,15,16). The minimum Gasteiger partial charge on any atom is -0.359 e. The molecule has 0 aromatic carbocycles. The predicted molar refractivity (Wildman–Crippen MR) is 79.1 cm³/mol. The van der Waals surface area contributed by atoms with Gasteiger partial charge in [-0.2, -0.15) is 0 Å². The number of amidine groups is 1. The number of amides is 1. The predicted octanol–water partition coefficient (Wildman–Crippen LogP) is 2.01. The van der Waals surface area contributed by atoms with Crippen molar-refractivity contribution in [1.82, 2.24) is 10.6 Å². The van der Waals surface area contributed by atoms with E-state index in [1.807, 2.05) is 13.8 Å². The molecule has 0 spiro atoms. The van der Waals surface area contributed by atoms with Crippen LogP contribution in [0.1, 0.15) is 40.5 Å². The molecule has 104 valence electrons. The normalized spacial score (nSPS) is 20.8. The van der Waals surface area contributed by atoms with Crippen LogP contribution in [0.2, 0.25) is 0 Å². The molecule has 1 heterocycles. The SMILES string of the molecule is CCC1(CC)CSC(=NCC(C)(C)C(=O)NC)N1. The molecule has 0 unspecified atom stereocenters. The van der Waals surface area contributed by atoms with Crippen LogP contribution in [0.5, 0.6) is 0 Å². The Hall–Kier alpha value is -0.710. The Bertz CT molecular complexity index is 335. The number of rotatable bonds is 5. The lowest BCUT2D eigenvalue weighted by molar-refractivity contribution is -0.128. The van der Waals surface area contributed by atoms with Crippen LogP contribution in [0.15, 0.2) is 4.99 Å². The molecular formula is C13H25N3OS. The molecule has 0 atom stereocenters. The quantitative estimate of drug-likeness (QED) is 0.804. The fourth-order valence-corrected chi connectivity index (χ4v) is 3.24. The second kappa shape index (κ2) is 5.95. The third-order valence-electron chi connectivity index (χ3n) is 3.67. The summed E-state index contributed by atoms with van der Waals surface area (Å²) >= 11 is 1.77. The third kappa shape index (κ3) is 3.40. The van der Waals surface area contributed by atoms with Crippen LogP contribution in [0.25, 0.3) is 0 Å². The summed E-state index contributed by atoms with van der Waals surface area (Å²) in [7, 11) is 1.67. The lowest BCUT2D eigenvalue weighted by Gasteiger charge is -2.25. The van der Waals surface area contributed by atoms with E-state index in [4.69, 9.17) is 0 Å². The number of aliphatic imine (C=N–C) groups is 1. The zero-order valence-corrected chi connectivity index (χ0v) is 12.9. The van der Waals surface area contributed by atoms with E-state index in [2.05, 4.69) is 29.5 Å². The Balaban J connectivity index is 2.63. The van der Waals surface area contributed by atoms with Gasteiger partial charge in [0.1, 0.15) is 0 Å². The fraction of sp³-hybridized carbons (Fsp3) is 0.846. The van der Waals surface area contributed by atoms with Crippen molar-refractivity contribution in [2.24, 2.45) is 10.4 Å². The molecule has 1 fully saturated rings. The lowest BCUT2D eigenvalue weighted by atomic mass is 9.93. The van der Waals surface area contributed by atoms with Gasteiger partial charge in [-0.25, -0.2) is 0 Å². The van der Waals surface area contributed by atoms with Crippen molar-refractivity contribution < 1.29 is 4.79 Å². The molecule has 1 aliphatic rings. The van der Waals surface area contributed by atoms with Gasteiger partial charge in [0.25, 0.3) is 0 Å². The van der Waals surface area contributed by atoms with E-state index in [1.54, 1.807) is 18.8 Å². The van der Waals surface area contributed by atoms with E-state index < -0.39 is 5.41 Å². The van der Waals surface area contributed by atoms with Gasteiger partial charge in [0.05, 0.1) is 12.0 Å². The number of nitrogens with one attached hydrogen (secondary N) is 2. The molecule has 18 heavy (non-hydrogen) atoms. The second-order valence-electron chi connectivity index (χ2n) is 5.49. The van der Waals surface area contributed by atoms with E-state index >= 15 is 0 Å². The average Bonchev–Trinajstić information content (AvgIpc) is 2.80. The zero-order valence-electron chi connectivity index (χ0n) is 12.1. The van der Waals surface area contributed by atoms with Crippen LogP contribution < -0.4 is 10.6 Å². The van der Waals surface area contributed by atoms with Gasteiger partial charge in [0, 0.05) is 18.3 Å². The zero-order chi connectivity index (χ0) is 13.8. The first-order valence-corrected chi connectivity index (χ1v) is 7.55. The molecule has 0 bridgehead atoms. The molecule has 1 amide bonds. The van der Waals surface area contributed by atoms with Gasteiger partial charge in [0.2, 0.25) is 5.91 Å². The molecule has 1 saturated heterocycles. The van der Waals surface area contributed by atoms with Gasteiger partial charge in [-0.05, 0) is 26.7 Å². The maximum Gasteiger partial charge on any atom is 0.227 e. The Morgan fingerprint density at radius 1 is 1.50 bits per heavy atom. The van der Waals surface area contributed by atoms with Crippen molar-refractivity contribution in [3.05, 3.63) is 0 Å². The lowest BCUT2D eigenvalue weighted by Crippen LogP contribution is -2.43. The van der Waals surface area contributed by atoms with Gasteiger partial charge in [-0.3, -0.25) is 9.79 Å². The van der Waals surface area contributed by atoms with Crippen LogP contribution in [0.4, 0.5) is 0 Å². The molecule has 5 heteroatoms. The van der Waals surface area contributed by atoms with Crippen LogP contribution in [-0.2, 0) is 4.79 Å². The Morgan fingerprint density at radius 2 is 2.11 bits per heavy atom. The van der Waals surface area contributed by atoms with Crippen molar-refractivity contribution >= 4 is 22.8 Å². The summed E-state index contributed by atoms with van der Waals surface area (Å²) in [5.74, 6) is 1.10. The molecule has 0 radical (unpaired) electrons. The summed E-state index contributed by atoms with van der Waals surface area (Å²) in [4.78, 5) is 16.2. The number of hydrogen-bond donors (Lipinski definition) is 2. The van der Waals surface area contributed by atoms with Crippen LogP contribution >= 0.6 is 11.8 Å². The number of thioether (sulfide) groups is 1. The van der Waals surface area contributed by atoms with Gasteiger partial charge >= 0.3 is 0 Å². The van der Waals surface area contributed by atoms with Crippen molar-refractivity contribution in [3.63, 3.8) is 0 Å². The van der Waals surface area contributed by atoms with Crippen molar-refractivity contribution in [2.45, 2.75) is 46.1 Å². The first-order chi connectivity index (χ1) is 8.39. The number of nitrogens with zero attached hydrogens (tertiary/aromatic N) is 1. The summed E-state index contributed by atoms with van der Waals surface area (Å²) in [6.07, 6.45) is 2.21. The highest BCUT2D eigenvalue weighted by molar-refractivity contribution is 8.14. The van der Waals surface area contributed by atoms with Gasteiger partial charge in [0.15, 0.2) is 5.17 Å². The van der Waals surface area contributed by atoms with E-state index in [1.165, 1.54) is 0 Å². The van der Waals surface area contributed by atoms with E-state index in [9.17, 15) is 4.79 Å². The van der Waals surface area contributed by atoms with Crippen molar-refractivity contribution in [2.75, 3.05) is 19.3 Å². The highest BCUT2D eigenvalue weighted by atomic mass is 32.2. The van der Waals surface area contributed by atoms with Crippen LogP contribution in [0.3, 0.4) is 0 Å². The fourth-order valence-electron chi connectivity index (χ4n) is 1.90. The molecule has 0 aliphatic carbocycles. The highest BCUT2D eigenvalue weighted by Gasteiger charge is 2.34. The van der Waals surface area contributed by atoms with Crippen LogP contribution in [0, 0.1) is 5.41 Å². The summed E-state index contributed by atoms with van der Waals surface area (Å²) in [5.41, 5.74) is -0.256. The number of hydrogen-bond acceptors (Lipinski definition) is 3. The topological polar surface area (TPSA) is 53.5 Å². The molecule has 1 rings (SSSR count). The summed E-state index contributed by atoms with van der Waals surface area (Å²) < 4.78 is 0. The maximum absolute atomic E-state index is 11.7. The van der Waals surface area contributed by atoms with Gasteiger partial charge in [-0.15, -0.1) is 0 Å². The first-order valence-electron chi connectivity index (χ1n) is 6.57. The monoisotopic (exact) mass is 271 g/mol. The van der Waals surface area contributed by atoms with Gasteiger partial charge < -0.3 is 10.6 Å². The molecule has 0 saturated carbocycles. The minimum absolute atomic E-state index is 0.0343. The molecule has 1 aliphatic heterocycles. The summed E-state index contributed by atoms with van der Waals surface area (Å²) in [6, 6.07) is 0. The number of carbonyl (C=O) groups excluding carboxylic acids is 1. The molecular weight excluding hydrogens is 246 g/mol. The minimum atomic E-state index is -0.451. The van der Waals surface area contributed by atoms with Gasteiger partial charge in [-0.1, -0.05) is 25.6 Å². The van der Waals surface area contributed by atoms with E-state index in [0.717, 1.165) is 23.8 Å². The summed E-state index contributed by atoms with van der Waals surface area (Å²) in [6.45, 7) is 8.76.